The van der Waals surface area contributed by atoms with Gasteiger partial charge in [-0.2, -0.15) is 0 Å². The predicted octanol–water partition coefficient (Wildman–Crippen LogP) is 3.48. The summed E-state index contributed by atoms with van der Waals surface area (Å²) >= 11 is 4.77. The zero-order valence-corrected chi connectivity index (χ0v) is 14.9. The monoisotopic (exact) mass is 397 g/mol. The standard InChI is InChI=1S/C15H16BrN3O3S/c1-9-7-10(4-5-11(9)16)22-8-13(20)17-15-19-18-14(23-15)12-3-2-6-21-12/h4-5,7,12H,2-3,6,8H2,1H3,(H,17,19,20). The number of hydrogen-bond acceptors (Lipinski definition) is 6. The average molecular weight is 398 g/mol. The molecule has 1 aliphatic rings. The lowest BCUT2D eigenvalue weighted by molar-refractivity contribution is -0.118. The molecule has 1 aliphatic heterocycles. The number of rotatable bonds is 5. The van der Waals surface area contributed by atoms with Gasteiger partial charge in [-0.3, -0.25) is 10.1 Å². The number of nitrogens with zero attached hydrogens (tertiary/aromatic N) is 2. The first-order valence-corrected chi connectivity index (χ1v) is 8.86. The van der Waals surface area contributed by atoms with Gasteiger partial charge in [0.2, 0.25) is 5.13 Å². The van der Waals surface area contributed by atoms with Crippen molar-refractivity contribution in [2.24, 2.45) is 0 Å². The van der Waals surface area contributed by atoms with E-state index in [4.69, 9.17) is 9.47 Å². The van der Waals surface area contributed by atoms with Crippen LogP contribution < -0.4 is 10.1 Å². The lowest BCUT2D eigenvalue weighted by Gasteiger charge is -2.07. The third kappa shape index (κ3) is 4.27. The minimum atomic E-state index is -0.263. The van der Waals surface area contributed by atoms with Crippen molar-refractivity contribution in [1.29, 1.82) is 0 Å². The number of carbonyl (C=O) groups is 1. The van der Waals surface area contributed by atoms with Crippen LogP contribution in [0.4, 0.5) is 5.13 Å². The van der Waals surface area contributed by atoms with Gasteiger partial charge in [0.1, 0.15) is 16.9 Å². The largest absolute Gasteiger partial charge is 0.484 e. The van der Waals surface area contributed by atoms with Crippen molar-refractivity contribution < 1.29 is 14.3 Å². The maximum Gasteiger partial charge on any atom is 0.264 e. The fourth-order valence-electron chi connectivity index (χ4n) is 2.20. The second-order valence-corrected chi connectivity index (χ2v) is 7.06. The molecule has 2 aromatic rings. The number of ether oxygens (including phenoxy) is 2. The summed E-state index contributed by atoms with van der Waals surface area (Å²) in [5.74, 6) is 0.388. The van der Waals surface area contributed by atoms with Gasteiger partial charge in [-0.15, -0.1) is 10.2 Å². The van der Waals surface area contributed by atoms with Crippen molar-refractivity contribution in [3.05, 3.63) is 33.2 Å². The highest BCUT2D eigenvalue weighted by Gasteiger charge is 2.22. The SMILES string of the molecule is Cc1cc(OCC(=O)Nc2nnc(C3CCCO3)s2)ccc1Br. The molecule has 1 atom stereocenters. The van der Waals surface area contributed by atoms with Crippen LogP contribution >= 0.6 is 27.3 Å². The van der Waals surface area contributed by atoms with Crippen molar-refractivity contribution in [3.63, 3.8) is 0 Å². The number of amides is 1. The minimum absolute atomic E-state index is 0.0140. The molecule has 0 radical (unpaired) electrons. The number of aromatic nitrogens is 2. The summed E-state index contributed by atoms with van der Waals surface area (Å²) in [6, 6.07) is 5.57. The van der Waals surface area contributed by atoms with Crippen LogP contribution in [0.2, 0.25) is 0 Å². The summed E-state index contributed by atoms with van der Waals surface area (Å²) in [5, 5.41) is 12.0. The van der Waals surface area contributed by atoms with Gasteiger partial charge in [0.25, 0.3) is 5.91 Å². The Morgan fingerprint density at radius 3 is 3.13 bits per heavy atom. The number of anilines is 1. The highest BCUT2D eigenvalue weighted by Crippen LogP contribution is 2.31. The second-order valence-electron chi connectivity index (χ2n) is 5.19. The summed E-state index contributed by atoms with van der Waals surface area (Å²) in [7, 11) is 0. The van der Waals surface area contributed by atoms with Crippen LogP contribution in [0, 0.1) is 6.92 Å². The maximum absolute atomic E-state index is 11.9. The lowest BCUT2D eigenvalue weighted by Crippen LogP contribution is -2.20. The van der Waals surface area contributed by atoms with Crippen LogP contribution in [0.25, 0.3) is 0 Å². The number of hydrogen-bond donors (Lipinski definition) is 1. The highest BCUT2D eigenvalue weighted by atomic mass is 79.9. The summed E-state index contributed by atoms with van der Waals surface area (Å²) in [6.45, 7) is 2.65. The molecule has 0 spiro atoms. The van der Waals surface area contributed by atoms with Crippen molar-refractivity contribution in [2.75, 3.05) is 18.5 Å². The van der Waals surface area contributed by atoms with E-state index < -0.39 is 0 Å². The molecule has 1 fully saturated rings. The van der Waals surface area contributed by atoms with Gasteiger partial charge >= 0.3 is 0 Å². The molecular formula is C15H16BrN3O3S. The third-order valence-electron chi connectivity index (χ3n) is 3.39. The Hall–Kier alpha value is -1.51. The van der Waals surface area contributed by atoms with Gasteiger partial charge in [-0.1, -0.05) is 27.3 Å². The first-order valence-electron chi connectivity index (χ1n) is 7.25. The fourth-order valence-corrected chi connectivity index (χ4v) is 3.29. The van der Waals surface area contributed by atoms with Crippen molar-refractivity contribution >= 4 is 38.3 Å². The van der Waals surface area contributed by atoms with Crippen molar-refractivity contribution in [1.82, 2.24) is 10.2 Å². The Balaban J connectivity index is 1.51. The number of benzene rings is 1. The number of aryl methyl sites for hydroxylation is 1. The molecule has 3 rings (SSSR count). The Kier molecular flexibility index (Phi) is 5.24. The van der Waals surface area contributed by atoms with Crippen LogP contribution in [-0.2, 0) is 9.53 Å². The molecule has 6 nitrogen and oxygen atoms in total. The first kappa shape index (κ1) is 16.4. The molecule has 23 heavy (non-hydrogen) atoms. The van der Waals surface area contributed by atoms with E-state index in [1.807, 2.05) is 25.1 Å². The highest BCUT2D eigenvalue weighted by molar-refractivity contribution is 9.10. The van der Waals surface area contributed by atoms with Crippen LogP contribution in [0.1, 0.15) is 29.5 Å². The minimum Gasteiger partial charge on any atom is -0.484 e. The smallest absolute Gasteiger partial charge is 0.264 e. The Bertz CT molecular complexity index is 701. The average Bonchev–Trinajstić information content (AvgIpc) is 3.19. The lowest BCUT2D eigenvalue weighted by atomic mass is 10.2. The number of carbonyl (C=O) groups excluding carboxylic acids is 1. The first-order chi connectivity index (χ1) is 11.1. The van der Waals surface area contributed by atoms with Gasteiger partial charge in [-0.05, 0) is 43.5 Å². The Labute approximate surface area is 146 Å². The predicted molar refractivity (Wildman–Crippen MR) is 90.8 cm³/mol. The molecule has 1 aromatic carbocycles. The third-order valence-corrected chi connectivity index (χ3v) is 5.21. The molecule has 1 amide bonds. The van der Waals surface area contributed by atoms with E-state index in [2.05, 4.69) is 31.4 Å². The Morgan fingerprint density at radius 1 is 1.52 bits per heavy atom. The van der Waals surface area contributed by atoms with E-state index in [0.717, 1.165) is 34.5 Å². The van der Waals surface area contributed by atoms with Crippen LogP contribution in [0.3, 0.4) is 0 Å². The summed E-state index contributed by atoms with van der Waals surface area (Å²) in [6.07, 6.45) is 2.00. The zero-order valence-electron chi connectivity index (χ0n) is 12.5. The Morgan fingerprint density at radius 2 is 2.39 bits per heavy atom. The van der Waals surface area contributed by atoms with Crippen LogP contribution in [0.5, 0.6) is 5.75 Å². The zero-order chi connectivity index (χ0) is 16.2. The molecule has 1 aromatic heterocycles. The molecule has 0 bridgehead atoms. The molecule has 0 aliphatic carbocycles. The number of halogens is 1. The summed E-state index contributed by atoms with van der Waals surface area (Å²) < 4.78 is 12.0. The van der Waals surface area contributed by atoms with Gasteiger partial charge in [0.05, 0.1) is 0 Å². The van der Waals surface area contributed by atoms with Gasteiger partial charge < -0.3 is 9.47 Å². The van der Waals surface area contributed by atoms with E-state index in [9.17, 15) is 4.79 Å². The molecule has 1 N–H and O–H groups in total. The molecule has 1 unspecified atom stereocenters. The molecular weight excluding hydrogens is 382 g/mol. The van der Waals surface area contributed by atoms with Crippen molar-refractivity contribution in [3.8, 4) is 5.75 Å². The molecule has 122 valence electrons. The quantitative estimate of drug-likeness (QED) is 0.835. The van der Waals surface area contributed by atoms with Gasteiger partial charge in [0.15, 0.2) is 6.61 Å². The van der Waals surface area contributed by atoms with Gasteiger partial charge in [0, 0.05) is 11.1 Å². The number of nitrogens with one attached hydrogen (secondary N) is 1. The maximum atomic E-state index is 11.9. The molecule has 0 saturated carbocycles. The second kappa shape index (κ2) is 7.37. The van der Waals surface area contributed by atoms with Crippen LogP contribution in [-0.4, -0.2) is 29.3 Å². The van der Waals surface area contributed by atoms with E-state index in [1.165, 1.54) is 11.3 Å². The summed E-state index contributed by atoms with van der Waals surface area (Å²) in [4.78, 5) is 11.9. The molecule has 2 heterocycles. The summed E-state index contributed by atoms with van der Waals surface area (Å²) in [5.41, 5.74) is 1.05. The fraction of sp³-hybridized carbons (Fsp3) is 0.400. The van der Waals surface area contributed by atoms with Crippen LogP contribution in [0.15, 0.2) is 22.7 Å². The van der Waals surface area contributed by atoms with E-state index in [0.29, 0.717) is 10.9 Å². The van der Waals surface area contributed by atoms with E-state index >= 15 is 0 Å². The van der Waals surface area contributed by atoms with Crippen molar-refractivity contribution in [2.45, 2.75) is 25.9 Å². The van der Waals surface area contributed by atoms with Gasteiger partial charge in [-0.25, -0.2) is 0 Å². The molecule has 1 saturated heterocycles. The van der Waals surface area contributed by atoms with E-state index in [1.54, 1.807) is 0 Å². The van der Waals surface area contributed by atoms with E-state index in [-0.39, 0.29) is 18.6 Å². The normalized spacial score (nSPS) is 17.2. The molecule has 8 heteroatoms. The topological polar surface area (TPSA) is 73.3 Å².